The Bertz CT molecular complexity index is 821. The van der Waals surface area contributed by atoms with E-state index in [1.54, 1.807) is 0 Å². The molecule has 4 fully saturated rings. The van der Waals surface area contributed by atoms with Gasteiger partial charge in [-0.2, -0.15) is 0 Å². The van der Waals surface area contributed by atoms with Crippen LogP contribution in [0.4, 0.5) is 0 Å². The summed E-state index contributed by atoms with van der Waals surface area (Å²) in [6.07, 6.45) is 9.75. The summed E-state index contributed by atoms with van der Waals surface area (Å²) in [5.74, 6) is 4.35. The van der Waals surface area contributed by atoms with Crippen molar-refractivity contribution in [1.82, 2.24) is 4.90 Å². The number of piperidine rings is 1. The normalized spacial score (nSPS) is 45.6. The molecule has 3 saturated carbocycles. The van der Waals surface area contributed by atoms with Crippen molar-refractivity contribution in [3.63, 3.8) is 0 Å². The minimum Gasteiger partial charge on any atom is -0.342 e. The van der Waals surface area contributed by atoms with Crippen LogP contribution in [0.5, 0.6) is 0 Å². The fraction of sp³-hybridized carbons (Fsp3) is 0.741. The van der Waals surface area contributed by atoms with Crippen molar-refractivity contribution >= 4 is 17.5 Å². The molecule has 0 aromatic heterocycles. The summed E-state index contributed by atoms with van der Waals surface area (Å²) in [5.41, 5.74) is 2.23. The van der Waals surface area contributed by atoms with Crippen LogP contribution in [0.3, 0.4) is 0 Å². The number of carbonyl (C=O) groups is 1. The van der Waals surface area contributed by atoms with E-state index in [1.165, 1.54) is 44.1 Å². The van der Waals surface area contributed by atoms with Crippen molar-refractivity contribution < 1.29 is 4.79 Å². The molecule has 164 valence electrons. The van der Waals surface area contributed by atoms with Gasteiger partial charge in [0.1, 0.15) is 0 Å². The quantitative estimate of drug-likeness (QED) is 0.520. The molecular weight excluding hydrogens is 390 g/mol. The Kier molecular flexibility index (Phi) is 5.05. The van der Waals surface area contributed by atoms with Gasteiger partial charge in [0.25, 0.3) is 0 Å². The van der Waals surface area contributed by atoms with Crippen molar-refractivity contribution in [2.45, 2.75) is 78.2 Å². The molecular formula is C27H38ClNO. The van der Waals surface area contributed by atoms with Gasteiger partial charge in [0.2, 0.25) is 5.91 Å². The standard InChI is InChI=1S/C27H38ClNO/c1-17-15-23-27(3,14-12-24(30)29(23)4)22-11-13-26(2)19(7-10-21(26)25(17)22)16-18-5-8-20(28)9-6-18/h5-6,8-9,17,19,21-23,25H,7,10-16H2,1-4H3/t17?,19?,21-,22+,23?,25-,26+,27+/m0/s1. The van der Waals surface area contributed by atoms with E-state index < -0.39 is 0 Å². The molecule has 8 atom stereocenters. The molecule has 2 nitrogen and oxygen atoms in total. The fourth-order valence-electron chi connectivity index (χ4n) is 8.81. The third-order valence-corrected chi connectivity index (χ3v) is 10.8. The zero-order valence-corrected chi connectivity index (χ0v) is 19.9. The monoisotopic (exact) mass is 427 g/mol. The maximum absolute atomic E-state index is 12.4. The van der Waals surface area contributed by atoms with E-state index in [0.717, 1.165) is 47.5 Å². The lowest BCUT2D eigenvalue weighted by molar-refractivity contribution is -0.166. The van der Waals surface area contributed by atoms with Gasteiger partial charge in [-0.25, -0.2) is 0 Å². The third kappa shape index (κ3) is 2.99. The highest BCUT2D eigenvalue weighted by Gasteiger charge is 2.62. The summed E-state index contributed by atoms with van der Waals surface area (Å²) in [6.45, 7) is 7.66. The van der Waals surface area contributed by atoms with Gasteiger partial charge in [-0.1, -0.05) is 44.5 Å². The van der Waals surface area contributed by atoms with Crippen LogP contribution in [-0.2, 0) is 11.2 Å². The number of nitrogens with zero attached hydrogens (tertiary/aromatic N) is 1. The molecule has 1 aromatic rings. The van der Waals surface area contributed by atoms with E-state index in [-0.39, 0.29) is 0 Å². The van der Waals surface area contributed by atoms with E-state index in [0.29, 0.717) is 22.8 Å². The number of hydrogen-bond donors (Lipinski definition) is 0. The lowest BCUT2D eigenvalue weighted by Crippen LogP contribution is -2.63. The SMILES string of the molecule is CC1CC2N(C)C(=O)CC[C@]2(C)[C@@H]2CC[C@]3(C)C(Cc4ccc(Cl)cc4)CC[C@H]3[C@H]12. The molecule has 1 heterocycles. The summed E-state index contributed by atoms with van der Waals surface area (Å²) in [5, 5.41) is 0.838. The average molecular weight is 428 g/mol. The van der Waals surface area contributed by atoms with Crippen LogP contribution in [0.15, 0.2) is 24.3 Å². The van der Waals surface area contributed by atoms with Crippen LogP contribution in [0.25, 0.3) is 0 Å². The van der Waals surface area contributed by atoms with Gasteiger partial charge in [0.15, 0.2) is 0 Å². The average Bonchev–Trinajstić information content (AvgIpc) is 3.05. The molecule has 3 unspecified atom stereocenters. The number of likely N-dealkylation sites (tertiary alicyclic amines) is 1. The Morgan fingerprint density at radius 2 is 1.73 bits per heavy atom. The minimum absolute atomic E-state index is 0.315. The van der Waals surface area contributed by atoms with Gasteiger partial charge in [-0.3, -0.25) is 4.79 Å². The smallest absolute Gasteiger partial charge is 0.222 e. The summed E-state index contributed by atoms with van der Waals surface area (Å²) in [4.78, 5) is 14.6. The topological polar surface area (TPSA) is 20.3 Å². The number of rotatable bonds is 2. The maximum Gasteiger partial charge on any atom is 0.222 e. The van der Waals surface area contributed by atoms with Gasteiger partial charge in [0.05, 0.1) is 0 Å². The van der Waals surface area contributed by atoms with Crippen molar-refractivity contribution in [2.24, 2.45) is 40.4 Å². The first kappa shape index (κ1) is 20.9. The van der Waals surface area contributed by atoms with Crippen LogP contribution in [0, 0.1) is 40.4 Å². The van der Waals surface area contributed by atoms with Crippen molar-refractivity contribution in [3.8, 4) is 0 Å². The number of fused-ring (bicyclic) bond motifs is 5. The van der Waals surface area contributed by atoms with Crippen LogP contribution in [0.1, 0.15) is 71.3 Å². The summed E-state index contributed by atoms with van der Waals surface area (Å²) >= 11 is 6.12. The largest absolute Gasteiger partial charge is 0.342 e. The first-order valence-corrected chi connectivity index (χ1v) is 12.6. The molecule has 0 bridgehead atoms. The number of halogens is 1. The van der Waals surface area contributed by atoms with Crippen molar-refractivity contribution in [3.05, 3.63) is 34.9 Å². The summed E-state index contributed by atoms with van der Waals surface area (Å²) in [7, 11) is 2.07. The summed E-state index contributed by atoms with van der Waals surface area (Å²) in [6, 6.07) is 9.01. The van der Waals surface area contributed by atoms with E-state index in [2.05, 4.69) is 44.9 Å². The first-order valence-electron chi connectivity index (χ1n) is 12.2. The molecule has 5 rings (SSSR count). The molecule has 3 heteroatoms. The maximum atomic E-state index is 12.4. The Morgan fingerprint density at radius 3 is 2.47 bits per heavy atom. The highest BCUT2D eigenvalue weighted by molar-refractivity contribution is 6.30. The van der Waals surface area contributed by atoms with Crippen LogP contribution in [-0.4, -0.2) is 23.9 Å². The molecule has 3 aliphatic carbocycles. The van der Waals surface area contributed by atoms with Crippen LogP contribution >= 0.6 is 11.6 Å². The van der Waals surface area contributed by atoms with E-state index in [9.17, 15) is 4.79 Å². The Labute approximate surface area is 187 Å². The van der Waals surface area contributed by atoms with Crippen LogP contribution in [0.2, 0.25) is 5.02 Å². The molecule has 1 saturated heterocycles. The van der Waals surface area contributed by atoms with Gasteiger partial charge in [-0.05, 0) is 103 Å². The van der Waals surface area contributed by atoms with Crippen molar-refractivity contribution in [1.29, 1.82) is 0 Å². The van der Waals surface area contributed by atoms with Gasteiger partial charge >= 0.3 is 0 Å². The Hall–Kier alpha value is -1.02. The molecule has 4 aliphatic rings. The molecule has 0 radical (unpaired) electrons. The molecule has 0 N–H and O–H groups in total. The summed E-state index contributed by atoms with van der Waals surface area (Å²) < 4.78 is 0. The van der Waals surface area contributed by atoms with E-state index >= 15 is 0 Å². The third-order valence-electron chi connectivity index (χ3n) is 10.5. The molecule has 0 spiro atoms. The zero-order chi connectivity index (χ0) is 21.3. The number of benzene rings is 1. The second kappa shape index (κ2) is 7.26. The van der Waals surface area contributed by atoms with E-state index in [4.69, 9.17) is 11.6 Å². The zero-order valence-electron chi connectivity index (χ0n) is 19.2. The van der Waals surface area contributed by atoms with Crippen molar-refractivity contribution in [2.75, 3.05) is 7.05 Å². The molecule has 1 amide bonds. The second-order valence-corrected chi connectivity index (χ2v) is 12.1. The highest BCUT2D eigenvalue weighted by atomic mass is 35.5. The lowest BCUT2D eigenvalue weighted by atomic mass is 9.44. The highest BCUT2D eigenvalue weighted by Crippen LogP contribution is 2.67. The number of amides is 1. The first-order chi connectivity index (χ1) is 14.2. The predicted octanol–water partition coefficient (Wildman–Crippen LogP) is 6.61. The second-order valence-electron chi connectivity index (χ2n) is 11.7. The van der Waals surface area contributed by atoms with Gasteiger partial charge in [0, 0.05) is 24.5 Å². The van der Waals surface area contributed by atoms with E-state index in [1.807, 2.05) is 12.1 Å². The number of hydrogen-bond acceptors (Lipinski definition) is 1. The Balaban J connectivity index is 1.41. The molecule has 30 heavy (non-hydrogen) atoms. The van der Waals surface area contributed by atoms with Gasteiger partial charge in [-0.15, -0.1) is 0 Å². The number of carbonyl (C=O) groups excluding carboxylic acids is 1. The molecule has 1 aromatic carbocycles. The lowest BCUT2D eigenvalue weighted by Gasteiger charge is -2.63. The van der Waals surface area contributed by atoms with Gasteiger partial charge < -0.3 is 4.90 Å². The Morgan fingerprint density at radius 1 is 1.03 bits per heavy atom. The van der Waals surface area contributed by atoms with Crippen LogP contribution < -0.4 is 0 Å². The molecule has 1 aliphatic heterocycles. The minimum atomic E-state index is 0.315. The predicted molar refractivity (Wildman–Crippen MR) is 123 cm³/mol. The fourth-order valence-corrected chi connectivity index (χ4v) is 8.94.